The van der Waals surface area contributed by atoms with Crippen LogP contribution < -0.4 is 16.0 Å². The molecule has 2 aromatic heterocycles. The number of carboxylic acids is 1. The van der Waals surface area contributed by atoms with Crippen molar-refractivity contribution in [1.82, 2.24) is 5.32 Å². The maximum Gasteiger partial charge on any atom is 0.412 e. The van der Waals surface area contributed by atoms with Gasteiger partial charge in [-0.3, -0.25) is 15.4 Å². The second-order valence-corrected chi connectivity index (χ2v) is 11.9. The summed E-state index contributed by atoms with van der Waals surface area (Å²) in [5.74, 6) is 1.08. The molecule has 0 saturated heterocycles. The largest absolute Gasteiger partial charge is 0.477 e. The van der Waals surface area contributed by atoms with E-state index >= 15 is 0 Å². The fourth-order valence-electron chi connectivity index (χ4n) is 2.36. The molecule has 0 saturated carbocycles. The van der Waals surface area contributed by atoms with E-state index in [9.17, 15) is 19.2 Å². The van der Waals surface area contributed by atoms with Gasteiger partial charge in [-0.15, -0.1) is 29.1 Å². The van der Waals surface area contributed by atoms with Crippen LogP contribution >= 0.6 is 22.7 Å². The summed E-state index contributed by atoms with van der Waals surface area (Å²) in [4.78, 5) is 46.5. The number of nitrogens with one attached hydrogen (secondary N) is 3. The summed E-state index contributed by atoms with van der Waals surface area (Å²) in [6.45, 7) is 13.9. The normalized spacial score (nSPS) is 11.2. The van der Waals surface area contributed by atoms with E-state index in [2.05, 4.69) is 21.9 Å². The van der Waals surface area contributed by atoms with Crippen LogP contribution in [0, 0.1) is 12.3 Å². The molecule has 0 radical (unpaired) electrons. The van der Waals surface area contributed by atoms with E-state index in [0.717, 1.165) is 11.3 Å². The van der Waals surface area contributed by atoms with Crippen molar-refractivity contribution in [3.8, 4) is 12.3 Å². The second kappa shape index (κ2) is 12.6. The maximum absolute atomic E-state index is 12.2. The number of carbonyl (C=O) groups is 4. The fraction of sp³-hybridized carbons (Fsp3) is 0.440. The number of amides is 3. The lowest BCUT2D eigenvalue weighted by Gasteiger charge is -2.21. The zero-order valence-electron chi connectivity index (χ0n) is 22.1. The zero-order chi connectivity index (χ0) is 28.6. The minimum absolute atomic E-state index is 0.0888. The van der Waals surface area contributed by atoms with Crippen molar-refractivity contribution in [2.45, 2.75) is 72.1 Å². The van der Waals surface area contributed by atoms with E-state index in [1.54, 1.807) is 72.2 Å². The lowest BCUT2D eigenvalue weighted by atomic mass is 10.1. The Morgan fingerprint density at radius 2 is 1.22 bits per heavy atom. The highest BCUT2D eigenvalue weighted by Gasteiger charge is 2.23. The SMILES string of the molecule is C#CC(C)(C)NC(=O)c1sccc1NC(=O)OC(C)(C)C.CC(C)(C)OC(=O)Nc1ccsc1C(=O)O. The van der Waals surface area contributed by atoms with Crippen molar-refractivity contribution in [3.05, 3.63) is 32.6 Å². The smallest absolute Gasteiger partial charge is 0.412 e. The van der Waals surface area contributed by atoms with Gasteiger partial charge in [0.1, 0.15) is 21.0 Å². The van der Waals surface area contributed by atoms with Gasteiger partial charge in [0.05, 0.1) is 16.9 Å². The number of anilines is 2. The van der Waals surface area contributed by atoms with Gasteiger partial charge in [0.2, 0.25) is 0 Å². The number of hydrogen-bond acceptors (Lipinski definition) is 8. The van der Waals surface area contributed by atoms with Gasteiger partial charge in [-0.1, -0.05) is 5.92 Å². The molecule has 0 aliphatic carbocycles. The van der Waals surface area contributed by atoms with Crippen LogP contribution in [0.2, 0.25) is 0 Å². The van der Waals surface area contributed by atoms with E-state index < -0.39 is 34.9 Å². The van der Waals surface area contributed by atoms with Crippen molar-refractivity contribution in [3.63, 3.8) is 0 Å². The lowest BCUT2D eigenvalue weighted by molar-refractivity contribution is 0.0623. The van der Waals surface area contributed by atoms with Crippen LogP contribution in [-0.4, -0.2) is 45.9 Å². The molecule has 202 valence electrons. The third-order valence-corrected chi connectivity index (χ3v) is 5.60. The van der Waals surface area contributed by atoms with Crippen molar-refractivity contribution in [1.29, 1.82) is 0 Å². The number of ether oxygens (including phenoxy) is 2. The highest BCUT2D eigenvalue weighted by Crippen LogP contribution is 2.24. The molecule has 2 heterocycles. The molecule has 0 spiro atoms. The maximum atomic E-state index is 12.2. The van der Waals surface area contributed by atoms with Crippen LogP contribution in [0.5, 0.6) is 0 Å². The van der Waals surface area contributed by atoms with Gasteiger partial charge in [0.25, 0.3) is 5.91 Å². The Hall–Kier alpha value is -3.56. The number of carbonyl (C=O) groups excluding carboxylic acids is 3. The van der Waals surface area contributed by atoms with Crippen molar-refractivity contribution >= 4 is 58.1 Å². The molecule has 0 aliphatic rings. The standard InChI is InChI=1S/C15H20N2O3S.C10H13NO4S/c1-7-15(5,6)17-12(18)11-10(8-9-21-11)16-13(19)20-14(2,3)4;1-10(2,3)15-9(14)11-6-4-5-16-7(6)8(12)13/h1,8-9H,2-6H3,(H,16,19)(H,17,18);4-5H,1-3H3,(H,11,14)(H,12,13). The van der Waals surface area contributed by atoms with Crippen molar-refractivity contribution in [2.24, 2.45) is 0 Å². The third kappa shape index (κ3) is 11.8. The predicted molar refractivity (Wildman–Crippen MR) is 146 cm³/mol. The van der Waals surface area contributed by atoms with Crippen LogP contribution in [0.15, 0.2) is 22.9 Å². The van der Waals surface area contributed by atoms with Gasteiger partial charge in [0.15, 0.2) is 0 Å². The van der Waals surface area contributed by atoms with Gasteiger partial charge < -0.3 is 19.9 Å². The summed E-state index contributed by atoms with van der Waals surface area (Å²) in [6.07, 6.45) is 4.08. The lowest BCUT2D eigenvalue weighted by Crippen LogP contribution is -2.42. The summed E-state index contributed by atoms with van der Waals surface area (Å²) in [6, 6.07) is 3.17. The Labute approximate surface area is 224 Å². The third-order valence-electron chi connectivity index (χ3n) is 3.79. The zero-order valence-corrected chi connectivity index (χ0v) is 23.7. The molecule has 12 heteroatoms. The van der Waals surface area contributed by atoms with Crippen LogP contribution in [0.25, 0.3) is 0 Å². The van der Waals surface area contributed by atoms with E-state index in [1.807, 2.05) is 0 Å². The fourth-order valence-corrected chi connectivity index (χ4v) is 3.79. The number of hydrogen-bond donors (Lipinski definition) is 4. The Bertz CT molecular complexity index is 1160. The van der Waals surface area contributed by atoms with Gasteiger partial charge >= 0.3 is 18.2 Å². The van der Waals surface area contributed by atoms with Gasteiger partial charge in [-0.05, 0) is 78.3 Å². The van der Waals surface area contributed by atoms with Crippen LogP contribution in [0.1, 0.15) is 74.7 Å². The minimum Gasteiger partial charge on any atom is -0.477 e. The highest BCUT2D eigenvalue weighted by molar-refractivity contribution is 7.13. The molecule has 0 atom stereocenters. The van der Waals surface area contributed by atoms with E-state index in [1.165, 1.54) is 17.4 Å². The summed E-state index contributed by atoms with van der Waals surface area (Å²) in [5, 5.41) is 19.8. The molecule has 0 bridgehead atoms. The first-order valence-corrected chi connectivity index (χ1v) is 12.8. The molecule has 0 aromatic carbocycles. The Balaban J connectivity index is 0.000000384. The summed E-state index contributed by atoms with van der Waals surface area (Å²) >= 11 is 2.27. The summed E-state index contributed by atoms with van der Waals surface area (Å²) < 4.78 is 10.2. The number of terminal acetylenes is 1. The molecule has 3 amide bonds. The van der Waals surface area contributed by atoms with Gasteiger partial charge in [-0.25, -0.2) is 14.4 Å². The molecule has 0 unspecified atom stereocenters. The quantitative estimate of drug-likeness (QED) is 0.332. The van der Waals surface area contributed by atoms with Crippen molar-refractivity contribution < 1.29 is 33.8 Å². The summed E-state index contributed by atoms with van der Waals surface area (Å²) in [5.41, 5.74) is -1.31. The Morgan fingerprint density at radius 1 is 0.811 bits per heavy atom. The molecule has 0 aliphatic heterocycles. The number of carboxylic acid groups (broad SMARTS) is 1. The molecule has 37 heavy (non-hydrogen) atoms. The molecule has 4 N–H and O–H groups in total. The van der Waals surface area contributed by atoms with Crippen LogP contribution in [0.4, 0.5) is 21.0 Å². The summed E-state index contributed by atoms with van der Waals surface area (Å²) in [7, 11) is 0. The van der Waals surface area contributed by atoms with E-state index in [-0.39, 0.29) is 16.5 Å². The molecule has 2 aromatic rings. The Kier molecular flexibility index (Phi) is 10.7. The molecule has 2 rings (SSSR count). The molecule has 10 nitrogen and oxygen atoms in total. The highest BCUT2D eigenvalue weighted by atomic mass is 32.1. The number of thiophene rings is 2. The van der Waals surface area contributed by atoms with E-state index in [4.69, 9.17) is 21.0 Å². The average Bonchev–Trinajstić information content (AvgIpc) is 3.34. The Morgan fingerprint density at radius 3 is 1.59 bits per heavy atom. The molecular weight excluding hydrogens is 518 g/mol. The van der Waals surface area contributed by atoms with Gasteiger partial charge in [-0.2, -0.15) is 0 Å². The minimum atomic E-state index is -1.07. The second-order valence-electron chi connectivity index (χ2n) is 10.1. The predicted octanol–water partition coefficient (Wildman–Crippen LogP) is 6.03. The average molecular weight is 552 g/mol. The number of aromatic carboxylic acids is 1. The molecular formula is C25H33N3O7S2. The topological polar surface area (TPSA) is 143 Å². The van der Waals surface area contributed by atoms with Crippen LogP contribution in [-0.2, 0) is 9.47 Å². The number of rotatable bonds is 5. The molecule has 0 fully saturated rings. The first kappa shape index (κ1) is 31.5. The van der Waals surface area contributed by atoms with Crippen LogP contribution in [0.3, 0.4) is 0 Å². The monoisotopic (exact) mass is 551 g/mol. The first-order valence-electron chi connectivity index (χ1n) is 11.0. The van der Waals surface area contributed by atoms with E-state index in [0.29, 0.717) is 10.6 Å². The van der Waals surface area contributed by atoms with Crippen molar-refractivity contribution in [2.75, 3.05) is 10.6 Å². The van der Waals surface area contributed by atoms with Gasteiger partial charge in [0, 0.05) is 0 Å². The first-order chi connectivity index (χ1) is 16.8.